The first-order valence-corrected chi connectivity index (χ1v) is 7.96. The fourth-order valence-electron chi connectivity index (χ4n) is 0.853. The molecule has 0 aliphatic rings. The van der Waals surface area contributed by atoms with Crippen LogP contribution in [-0.4, -0.2) is 14.4 Å². The molecule has 2 heteroatoms. The summed E-state index contributed by atoms with van der Waals surface area (Å²) >= 11 is 0. The fourth-order valence-corrected chi connectivity index (χ4v) is 2.23. The third-order valence-electron chi connectivity index (χ3n) is 2.92. The van der Waals surface area contributed by atoms with Crippen molar-refractivity contribution in [2.45, 2.75) is 58.4 Å². The molecule has 0 fully saturated rings. The normalized spacial score (nSPS) is 15.5. The van der Waals surface area contributed by atoms with E-state index in [-0.39, 0.29) is 6.10 Å². The van der Waals surface area contributed by atoms with Crippen LogP contribution in [0.5, 0.6) is 0 Å². The Balaban J connectivity index is 4.40. The van der Waals surface area contributed by atoms with Gasteiger partial charge >= 0.3 is 0 Å². The summed E-state index contributed by atoms with van der Waals surface area (Å²) in [6.07, 6.45) is 3.18. The summed E-state index contributed by atoms with van der Waals surface area (Å²) in [5.41, 5.74) is 0. The van der Waals surface area contributed by atoms with Crippen molar-refractivity contribution in [1.29, 1.82) is 0 Å². The molecule has 1 nitrogen and oxygen atoms in total. The van der Waals surface area contributed by atoms with E-state index in [1.807, 2.05) is 6.08 Å². The van der Waals surface area contributed by atoms with Gasteiger partial charge in [-0.15, -0.1) is 6.58 Å². The second kappa shape index (κ2) is 4.42. The topological polar surface area (TPSA) is 9.23 Å². The summed E-state index contributed by atoms with van der Waals surface area (Å²) in [6.45, 7) is 17.3. The summed E-state index contributed by atoms with van der Waals surface area (Å²) in [7, 11) is -1.58. The molecule has 0 aliphatic heterocycles. The lowest BCUT2D eigenvalue weighted by atomic mass is 10.2. The van der Waals surface area contributed by atoms with Crippen molar-refractivity contribution in [2.75, 3.05) is 0 Å². The van der Waals surface area contributed by atoms with Crippen molar-refractivity contribution in [3.63, 3.8) is 0 Å². The maximum Gasteiger partial charge on any atom is 0.192 e. The van der Waals surface area contributed by atoms with Crippen LogP contribution in [0.3, 0.4) is 0 Å². The molecule has 13 heavy (non-hydrogen) atoms. The molecule has 0 saturated heterocycles. The third kappa shape index (κ3) is 3.65. The van der Waals surface area contributed by atoms with Crippen molar-refractivity contribution < 1.29 is 4.43 Å². The molecule has 0 heterocycles. The summed E-state index contributed by atoms with van der Waals surface area (Å²) in [5.74, 6) is 0. The van der Waals surface area contributed by atoms with E-state index in [0.29, 0.717) is 5.04 Å². The minimum Gasteiger partial charge on any atom is -0.411 e. The zero-order valence-electron chi connectivity index (χ0n) is 9.98. The van der Waals surface area contributed by atoms with Crippen LogP contribution < -0.4 is 0 Å². The Hall–Kier alpha value is -0.0831. The summed E-state index contributed by atoms with van der Waals surface area (Å²) in [4.78, 5) is 0. The first-order valence-electron chi connectivity index (χ1n) is 5.05. The van der Waals surface area contributed by atoms with Gasteiger partial charge in [0, 0.05) is 0 Å². The standard InChI is InChI=1S/C11H24OSi/c1-8-10(9-2)12-13(6,7)11(3,4)5/h8,10H,1,9H2,2-7H3/t10-/m1/s1. The van der Waals surface area contributed by atoms with Gasteiger partial charge in [0.2, 0.25) is 0 Å². The lowest BCUT2D eigenvalue weighted by Crippen LogP contribution is -2.43. The molecule has 0 saturated carbocycles. The van der Waals surface area contributed by atoms with Gasteiger partial charge in [0.1, 0.15) is 0 Å². The molecule has 0 N–H and O–H groups in total. The van der Waals surface area contributed by atoms with Gasteiger partial charge in [-0.25, -0.2) is 0 Å². The van der Waals surface area contributed by atoms with Crippen LogP contribution in [0.15, 0.2) is 12.7 Å². The van der Waals surface area contributed by atoms with Crippen molar-refractivity contribution in [3.05, 3.63) is 12.7 Å². The number of hydrogen-bond acceptors (Lipinski definition) is 1. The van der Waals surface area contributed by atoms with Gasteiger partial charge in [0.15, 0.2) is 8.32 Å². The summed E-state index contributed by atoms with van der Waals surface area (Å²) in [5, 5.41) is 0.295. The molecule has 0 rings (SSSR count). The van der Waals surface area contributed by atoms with Crippen LogP contribution in [0.4, 0.5) is 0 Å². The van der Waals surface area contributed by atoms with Gasteiger partial charge in [-0.2, -0.15) is 0 Å². The van der Waals surface area contributed by atoms with Crippen LogP contribution in [0, 0.1) is 0 Å². The minimum absolute atomic E-state index is 0.237. The van der Waals surface area contributed by atoms with E-state index in [9.17, 15) is 0 Å². The monoisotopic (exact) mass is 200 g/mol. The van der Waals surface area contributed by atoms with Crippen molar-refractivity contribution in [3.8, 4) is 0 Å². The van der Waals surface area contributed by atoms with E-state index in [1.54, 1.807) is 0 Å². The molecule has 0 radical (unpaired) electrons. The zero-order valence-corrected chi connectivity index (χ0v) is 11.0. The third-order valence-corrected chi connectivity index (χ3v) is 7.42. The first-order chi connectivity index (χ1) is 5.74. The number of hydrogen-bond donors (Lipinski definition) is 0. The van der Waals surface area contributed by atoms with Crippen LogP contribution in [0.25, 0.3) is 0 Å². The van der Waals surface area contributed by atoms with Gasteiger partial charge in [-0.3, -0.25) is 0 Å². The largest absolute Gasteiger partial charge is 0.411 e. The average molecular weight is 200 g/mol. The highest BCUT2D eigenvalue weighted by Gasteiger charge is 2.38. The molecule has 0 unspecified atom stereocenters. The highest BCUT2D eigenvalue weighted by Crippen LogP contribution is 2.37. The van der Waals surface area contributed by atoms with Gasteiger partial charge < -0.3 is 4.43 Å². The zero-order chi connectivity index (χ0) is 10.7. The minimum atomic E-state index is -1.58. The Kier molecular flexibility index (Phi) is 4.40. The molecule has 0 aromatic heterocycles. The molecule has 0 aromatic carbocycles. The van der Waals surface area contributed by atoms with Gasteiger partial charge in [-0.1, -0.05) is 33.8 Å². The maximum atomic E-state index is 6.12. The highest BCUT2D eigenvalue weighted by atomic mass is 28.4. The molecular formula is C11H24OSi. The molecular weight excluding hydrogens is 176 g/mol. The second-order valence-electron chi connectivity index (χ2n) is 5.06. The van der Waals surface area contributed by atoms with E-state index in [1.165, 1.54) is 0 Å². The SMILES string of the molecule is C=C[C@H](CC)O[Si](C)(C)C(C)(C)C. The average Bonchev–Trinajstić information content (AvgIpc) is 1.98. The van der Waals surface area contributed by atoms with E-state index in [4.69, 9.17) is 4.43 Å². The van der Waals surface area contributed by atoms with E-state index in [0.717, 1.165) is 6.42 Å². The van der Waals surface area contributed by atoms with Gasteiger partial charge in [0.25, 0.3) is 0 Å². The Morgan fingerprint density at radius 2 is 1.85 bits per heavy atom. The molecule has 0 bridgehead atoms. The van der Waals surface area contributed by atoms with Gasteiger partial charge in [-0.05, 0) is 24.6 Å². The van der Waals surface area contributed by atoms with Crippen LogP contribution >= 0.6 is 0 Å². The Morgan fingerprint density at radius 3 is 2.08 bits per heavy atom. The number of rotatable bonds is 4. The van der Waals surface area contributed by atoms with Crippen molar-refractivity contribution in [1.82, 2.24) is 0 Å². The predicted octanol–water partition coefficient (Wildman–Crippen LogP) is 3.97. The molecule has 0 spiro atoms. The molecule has 0 amide bonds. The van der Waals surface area contributed by atoms with Crippen molar-refractivity contribution >= 4 is 8.32 Å². The quantitative estimate of drug-likeness (QED) is 0.493. The first kappa shape index (κ1) is 12.9. The van der Waals surface area contributed by atoms with E-state index < -0.39 is 8.32 Å². The lowest BCUT2D eigenvalue weighted by Gasteiger charge is -2.38. The molecule has 78 valence electrons. The Morgan fingerprint density at radius 1 is 1.38 bits per heavy atom. The van der Waals surface area contributed by atoms with E-state index >= 15 is 0 Å². The lowest BCUT2D eigenvalue weighted by molar-refractivity contribution is 0.221. The maximum absolute atomic E-state index is 6.12. The van der Waals surface area contributed by atoms with E-state index in [2.05, 4.69) is 47.4 Å². The summed E-state index contributed by atoms with van der Waals surface area (Å²) in [6, 6.07) is 0. The predicted molar refractivity (Wildman–Crippen MR) is 62.6 cm³/mol. The fraction of sp³-hybridized carbons (Fsp3) is 0.818. The molecule has 0 aromatic rings. The Bertz CT molecular complexity index is 167. The van der Waals surface area contributed by atoms with Gasteiger partial charge in [0.05, 0.1) is 6.10 Å². The van der Waals surface area contributed by atoms with Crippen LogP contribution in [0.1, 0.15) is 34.1 Å². The van der Waals surface area contributed by atoms with Crippen LogP contribution in [0.2, 0.25) is 18.1 Å². The Labute approximate surface area is 84.3 Å². The van der Waals surface area contributed by atoms with Crippen LogP contribution in [-0.2, 0) is 4.43 Å². The summed E-state index contributed by atoms with van der Waals surface area (Å²) < 4.78 is 6.12. The smallest absolute Gasteiger partial charge is 0.192 e. The highest BCUT2D eigenvalue weighted by molar-refractivity contribution is 6.74. The molecule has 1 atom stereocenters. The van der Waals surface area contributed by atoms with Crippen molar-refractivity contribution in [2.24, 2.45) is 0 Å². The molecule has 0 aliphatic carbocycles. The second-order valence-corrected chi connectivity index (χ2v) is 9.82.